The molecule has 0 saturated carbocycles. The monoisotopic (exact) mass is 260 g/mol. The normalized spacial score (nSPS) is 11.8. The predicted molar refractivity (Wildman–Crippen MR) is 80.6 cm³/mol. The van der Waals surface area contributed by atoms with Gasteiger partial charge in [-0.1, -0.05) is 32.0 Å². The summed E-state index contributed by atoms with van der Waals surface area (Å²) in [5.74, 6) is 0. The number of nitrogens with zero attached hydrogens (tertiary/aromatic N) is 1. The second-order valence-electron chi connectivity index (χ2n) is 5.42. The summed E-state index contributed by atoms with van der Waals surface area (Å²) < 4.78 is 5.56. The average Bonchev–Trinajstić information content (AvgIpc) is 2.79. The molecule has 0 bridgehead atoms. The van der Waals surface area contributed by atoms with Crippen molar-refractivity contribution in [3.8, 4) is 0 Å². The van der Waals surface area contributed by atoms with Gasteiger partial charge in [0, 0.05) is 31.1 Å². The van der Waals surface area contributed by atoms with Gasteiger partial charge in [0.05, 0.1) is 6.26 Å². The lowest BCUT2D eigenvalue weighted by atomic mass is 10.1. The Kier molecular flexibility index (Phi) is 5.00. The molecular formula is C16H24N2O. The van der Waals surface area contributed by atoms with Gasteiger partial charge in [-0.25, -0.2) is 0 Å². The van der Waals surface area contributed by atoms with Gasteiger partial charge in [-0.05, 0) is 25.1 Å². The number of para-hydroxylation sites is 1. The molecule has 0 saturated heterocycles. The number of benzene rings is 1. The van der Waals surface area contributed by atoms with Crippen molar-refractivity contribution in [3.63, 3.8) is 0 Å². The third kappa shape index (κ3) is 4.08. The van der Waals surface area contributed by atoms with Crippen molar-refractivity contribution in [2.75, 3.05) is 26.7 Å². The van der Waals surface area contributed by atoms with Crippen molar-refractivity contribution in [2.24, 2.45) is 0 Å². The molecule has 0 unspecified atom stereocenters. The number of likely N-dealkylation sites (N-methyl/N-ethyl adjacent to an activating group) is 1. The summed E-state index contributed by atoms with van der Waals surface area (Å²) in [4.78, 5) is 2.36. The van der Waals surface area contributed by atoms with E-state index in [9.17, 15) is 0 Å². The third-order valence-corrected chi connectivity index (χ3v) is 3.37. The van der Waals surface area contributed by atoms with Gasteiger partial charge >= 0.3 is 0 Å². The Morgan fingerprint density at radius 2 is 2.00 bits per heavy atom. The van der Waals surface area contributed by atoms with E-state index in [1.54, 1.807) is 0 Å². The standard InChI is InChI=1S/C16H24N2O/c1-13(2)17-9-11-18(3)10-8-14-12-19-16-7-5-4-6-15(14)16/h4-7,12-13,17H,8-11H2,1-3H3. The highest BCUT2D eigenvalue weighted by Crippen LogP contribution is 2.20. The Morgan fingerprint density at radius 1 is 1.21 bits per heavy atom. The Morgan fingerprint density at radius 3 is 2.79 bits per heavy atom. The molecule has 0 aliphatic heterocycles. The van der Waals surface area contributed by atoms with Gasteiger partial charge in [0.1, 0.15) is 5.58 Å². The second kappa shape index (κ2) is 6.73. The predicted octanol–water partition coefficient (Wildman–Crippen LogP) is 2.91. The molecule has 2 aromatic rings. The fraction of sp³-hybridized carbons (Fsp3) is 0.500. The number of fused-ring (bicyclic) bond motifs is 1. The van der Waals surface area contributed by atoms with E-state index >= 15 is 0 Å². The summed E-state index contributed by atoms with van der Waals surface area (Å²) in [5.41, 5.74) is 2.29. The van der Waals surface area contributed by atoms with Crippen LogP contribution >= 0.6 is 0 Å². The summed E-state index contributed by atoms with van der Waals surface area (Å²) in [6.07, 6.45) is 2.93. The molecule has 1 heterocycles. The minimum Gasteiger partial charge on any atom is -0.464 e. The molecule has 3 nitrogen and oxygen atoms in total. The van der Waals surface area contributed by atoms with Gasteiger partial charge in [-0.2, -0.15) is 0 Å². The fourth-order valence-electron chi connectivity index (χ4n) is 2.19. The molecule has 1 aromatic carbocycles. The van der Waals surface area contributed by atoms with Crippen LogP contribution in [-0.2, 0) is 6.42 Å². The summed E-state index contributed by atoms with van der Waals surface area (Å²) >= 11 is 0. The van der Waals surface area contributed by atoms with Crippen LogP contribution in [0, 0.1) is 0 Å². The highest BCUT2D eigenvalue weighted by molar-refractivity contribution is 5.80. The summed E-state index contributed by atoms with van der Waals surface area (Å²) in [6, 6.07) is 8.80. The topological polar surface area (TPSA) is 28.4 Å². The van der Waals surface area contributed by atoms with Crippen LogP contribution in [0.4, 0.5) is 0 Å². The first-order chi connectivity index (χ1) is 9.16. The van der Waals surface area contributed by atoms with Crippen molar-refractivity contribution >= 4 is 11.0 Å². The highest BCUT2D eigenvalue weighted by atomic mass is 16.3. The quantitative estimate of drug-likeness (QED) is 0.829. The van der Waals surface area contributed by atoms with Crippen molar-refractivity contribution in [1.82, 2.24) is 10.2 Å². The minimum atomic E-state index is 0.561. The largest absolute Gasteiger partial charge is 0.464 e. The van der Waals surface area contributed by atoms with Crippen LogP contribution < -0.4 is 5.32 Å². The molecule has 0 aliphatic carbocycles. The van der Waals surface area contributed by atoms with Gasteiger partial charge in [0.15, 0.2) is 0 Å². The first-order valence-electron chi connectivity index (χ1n) is 7.04. The van der Waals surface area contributed by atoms with Crippen LogP contribution in [0.5, 0.6) is 0 Å². The van der Waals surface area contributed by atoms with Crippen LogP contribution in [0.25, 0.3) is 11.0 Å². The lowest BCUT2D eigenvalue weighted by molar-refractivity contribution is 0.331. The zero-order chi connectivity index (χ0) is 13.7. The van der Waals surface area contributed by atoms with Gasteiger partial charge < -0.3 is 14.6 Å². The number of furan rings is 1. The van der Waals surface area contributed by atoms with Crippen LogP contribution in [-0.4, -0.2) is 37.6 Å². The molecule has 0 fully saturated rings. The first-order valence-corrected chi connectivity index (χ1v) is 7.04. The number of rotatable bonds is 7. The van der Waals surface area contributed by atoms with E-state index in [2.05, 4.69) is 43.2 Å². The molecular weight excluding hydrogens is 236 g/mol. The van der Waals surface area contributed by atoms with E-state index in [-0.39, 0.29) is 0 Å². The molecule has 0 amide bonds. The molecule has 0 radical (unpaired) electrons. The maximum Gasteiger partial charge on any atom is 0.134 e. The van der Waals surface area contributed by atoms with Crippen molar-refractivity contribution in [1.29, 1.82) is 0 Å². The van der Waals surface area contributed by atoms with E-state index in [0.29, 0.717) is 6.04 Å². The van der Waals surface area contributed by atoms with E-state index < -0.39 is 0 Å². The van der Waals surface area contributed by atoms with Crippen molar-refractivity contribution < 1.29 is 4.42 Å². The smallest absolute Gasteiger partial charge is 0.134 e. The maximum absolute atomic E-state index is 5.56. The Hall–Kier alpha value is -1.32. The zero-order valence-electron chi connectivity index (χ0n) is 12.1. The Balaban J connectivity index is 1.81. The first kappa shape index (κ1) is 14.1. The molecule has 0 spiro atoms. The average molecular weight is 260 g/mol. The van der Waals surface area contributed by atoms with Gasteiger partial charge in [-0.15, -0.1) is 0 Å². The fourth-order valence-corrected chi connectivity index (χ4v) is 2.19. The SMILES string of the molecule is CC(C)NCCN(C)CCc1coc2ccccc12. The molecule has 0 atom stereocenters. The number of hydrogen-bond donors (Lipinski definition) is 1. The molecule has 1 aromatic heterocycles. The minimum absolute atomic E-state index is 0.561. The van der Waals surface area contributed by atoms with Gasteiger partial charge in [0.2, 0.25) is 0 Å². The number of hydrogen-bond acceptors (Lipinski definition) is 3. The van der Waals surface area contributed by atoms with E-state index in [4.69, 9.17) is 4.42 Å². The second-order valence-corrected chi connectivity index (χ2v) is 5.42. The summed E-state index contributed by atoms with van der Waals surface area (Å²) in [6.45, 7) is 7.53. The van der Waals surface area contributed by atoms with Crippen molar-refractivity contribution in [2.45, 2.75) is 26.3 Å². The zero-order valence-corrected chi connectivity index (χ0v) is 12.1. The van der Waals surface area contributed by atoms with Gasteiger partial charge in [-0.3, -0.25) is 0 Å². The Bertz CT molecular complexity index is 504. The summed E-state index contributed by atoms with van der Waals surface area (Å²) in [7, 11) is 2.17. The summed E-state index contributed by atoms with van der Waals surface area (Å²) in [5, 5.41) is 4.69. The highest BCUT2D eigenvalue weighted by Gasteiger charge is 2.06. The van der Waals surface area contributed by atoms with E-state index in [0.717, 1.165) is 31.6 Å². The van der Waals surface area contributed by atoms with Crippen LogP contribution in [0.15, 0.2) is 34.9 Å². The van der Waals surface area contributed by atoms with E-state index in [1.807, 2.05) is 18.4 Å². The van der Waals surface area contributed by atoms with Gasteiger partial charge in [0.25, 0.3) is 0 Å². The molecule has 3 heteroatoms. The molecule has 104 valence electrons. The van der Waals surface area contributed by atoms with Crippen LogP contribution in [0.3, 0.4) is 0 Å². The third-order valence-electron chi connectivity index (χ3n) is 3.37. The van der Waals surface area contributed by atoms with Crippen LogP contribution in [0.1, 0.15) is 19.4 Å². The Labute approximate surface area is 115 Å². The molecule has 0 aliphatic rings. The lowest BCUT2D eigenvalue weighted by Crippen LogP contribution is -2.33. The maximum atomic E-state index is 5.56. The molecule has 2 rings (SSSR count). The number of nitrogens with one attached hydrogen (secondary N) is 1. The van der Waals surface area contributed by atoms with Crippen LogP contribution in [0.2, 0.25) is 0 Å². The lowest BCUT2D eigenvalue weighted by Gasteiger charge is -2.17. The van der Waals surface area contributed by atoms with E-state index in [1.165, 1.54) is 10.9 Å². The van der Waals surface area contributed by atoms with Crippen molar-refractivity contribution in [3.05, 3.63) is 36.1 Å². The molecule has 1 N–H and O–H groups in total. The molecule has 19 heavy (non-hydrogen) atoms.